The van der Waals surface area contributed by atoms with E-state index in [1.165, 1.54) is 16.2 Å². The van der Waals surface area contributed by atoms with Crippen LogP contribution in [0.3, 0.4) is 0 Å². The number of carbonyl (C=O) groups is 2. The highest BCUT2D eigenvalue weighted by Crippen LogP contribution is 2.40. The lowest BCUT2D eigenvalue weighted by atomic mass is 9.94. The second-order valence-corrected chi connectivity index (χ2v) is 8.68. The van der Waals surface area contributed by atoms with Gasteiger partial charge in [0.15, 0.2) is 5.76 Å². The Balaban J connectivity index is 2.05. The zero-order valence-electron chi connectivity index (χ0n) is 17.4. The van der Waals surface area contributed by atoms with Crippen molar-refractivity contribution in [3.05, 3.63) is 62.3 Å². The van der Waals surface area contributed by atoms with Gasteiger partial charge in [-0.2, -0.15) is 0 Å². The van der Waals surface area contributed by atoms with Gasteiger partial charge in [0.25, 0.3) is 5.91 Å². The summed E-state index contributed by atoms with van der Waals surface area (Å²) in [6, 6.07) is 6.99. The quantitative estimate of drug-likeness (QED) is 0.691. The standard InChI is InChI=1S/C22H26N2O4S/c1-12(2)28-10-9-24-18(16-8-6-7-13(3)11-16)17(20(26)22(24)27)19(25)21-14(4)23-15(5)29-21/h6-8,11-12,18,26H,9-10H2,1-5H3. The molecule has 0 aliphatic carbocycles. The Morgan fingerprint density at radius 1 is 1.31 bits per heavy atom. The molecular formula is C22H26N2O4S. The van der Waals surface area contributed by atoms with Crippen molar-refractivity contribution in [2.24, 2.45) is 0 Å². The van der Waals surface area contributed by atoms with E-state index in [1.54, 1.807) is 6.92 Å². The number of aromatic nitrogens is 1. The van der Waals surface area contributed by atoms with Crippen LogP contribution in [0.1, 0.15) is 51.4 Å². The highest BCUT2D eigenvalue weighted by Gasteiger charge is 2.44. The number of rotatable bonds is 7. The summed E-state index contributed by atoms with van der Waals surface area (Å²) >= 11 is 1.28. The lowest BCUT2D eigenvalue weighted by Crippen LogP contribution is -2.34. The molecule has 0 radical (unpaired) electrons. The Labute approximate surface area is 174 Å². The molecule has 3 rings (SSSR count). The SMILES string of the molecule is Cc1cccc(C2C(C(=O)c3sc(C)nc3C)=C(O)C(=O)N2CCOC(C)C)c1. The number of nitrogens with zero attached hydrogens (tertiary/aromatic N) is 2. The molecule has 29 heavy (non-hydrogen) atoms. The summed E-state index contributed by atoms with van der Waals surface area (Å²) < 4.78 is 5.61. The minimum absolute atomic E-state index is 0.0237. The fourth-order valence-electron chi connectivity index (χ4n) is 3.55. The van der Waals surface area contributed by atoms with Crippen molar-refractivity contribution in [3.8, 4) is 0 Å². The number of ether oxygens (including phenoxy) is 1. The number of carbonyl (C=O) groups excluding carboxylic acids is 2. The van der Waals surface area contributed by atoms with Gasteiger partial charge in [0.2, 0.25) is 5.78 Å². The molecule has 7 heteroatoms. The van der Waals surface area contributed by atoms with E-state index in [0.29, 0.717) is 17.2 Å². The number of amides is 1. The second-order valence-electron chi connectivity index (χ2n) is 7.47. The molecule has 6 nitrogen and oxygen atoms in total. The molecule has 154 valence electrons. The van der Waals surface area contributed by atoms with E-state index in [2.05, 4.69) is 4.98 Å². The lowest BCUT2D eigenvalue weighted by Gasteiger charge is -2.27. The van der Waals surface area contributed by atoms with Gasteiger partial charge >= 0.3 is 0 Å². The van der Waals surface area contributed by atoms with E-state index in [1.807, 2.05) is 52.0 Å². The van der Waals surface area contributed by atoms with Gasteiger partial charge in [-0.1, -0.05) is 29.8 Å². The zero-order chi connectivity index (χ0) is 21.3. The van der Waals surface area contributed by atoms with Crippen LogP contribution in [0, 0.1) is 20.8 Å². The van der Waals surface area contributed by atoms with Crippen molar-refractivity contribution in [2.75, 3.05) is 13.2 Å². The molecule has 1 aromatic carbocycles. The molecule has 0 spiro atoms. The van der Waals surface area contributed by atoms with E-state index in [9.17, 15) is 14.7 Å². The summed E-state index contributed by atoms with van der Waals surface area (Å²) in [5.41, 5.74) is 2.51. The van der Waals surface area contributed by atoms with Gasteiger partial charge in [-0.05, 0) is 40.2 Å². The lowest BCUT2D eigenvalue weighted by molar-refractivity contribution is -0.130. The normalized spacial score (nSPS) is 17.0. The van der Waals surface area contributed by atoms with Gasteiger partial charge in [-0.3, -0.25) is 9.59 Å². The molecule has 1 atom stereocenters. The minimum Gasteiger partial charge on any atom is -0.503 e. The molecule has 0 bridgehead atoms. The Bertz CT molecular complexity index is 977. The Hall–Kier alpha value is -2.51. The fourth-order valence-corrected chi connectivity index (χ4v) is 4.43. The third kappa shape index (κ3) is 4.26. The Morgan fingerprint density at radius 2 is 2.03 bits per heavy atom. The van der Waals surface area contributed by atoms with Crippen molar-refractivity contribution in [1.29, 1.82) is 0 Å². The van der Waals surface area contributed by atoms with E-state index in [0.717, 1.165) is 16.1 Å². The number of hydrogen-bond acceptors (Lipinski definition) is 6. The van der Waals surface area contributed by atoms with Crippen LogP contribution in [-0.2, 0) is 9.53 Å². The molecule has 1 aliphatic heterocycles. The zero-order valence-corrected chi connectivity index (χ0v) is 18.2. The van der Waals surface area contributed by atoms with Crippen molar-refractivity contribution >= 4 is 23.0 Å². The smallest absolute Gasteiger partial charge is 0.290 e. The van der Waals surface area contributed by atoms with Crippen molar-refractivity contribution in [3.63, 3.8) is 0 Å². The minimum atomic E-state index is -0.660. The maximum atomic E-state index is 13.4. The number of benzene rings is 1. The van der Waals surface area contributed by atoms with Crippen LogP contribution in [0.15, 0.2) is 35.6 Å². The number of aliphatic hydroxyl groups is 1. The Kier molecular flexibility index (Phi) is 6.19. The number of aryl methyl sites for hydroxylation is 3. The third-order valence-corrected chi connectivity index (χ3v) is 5.87. The molecule has 1 aromatic heterocycles. The first-order chi connectivity index (χ1) is 13.7. The van der Waals surface area contributed by atoms with Crippen molar-refractivity contribution in [1.82, 2.24) is 9.88 Å². The average Bonchev–Trinajstić information content (AvgIpc) is 3.11. The number of aliphatic hydroxyl groups excluding tert-OH is 1. The highest BCUT2D eigenvalue weighted by atomic mass is 32.1. The van der Waals surface area contributed by atoms with Crippen LogP contribution in [0.25, 0.3) is 0 Å². The summed E-state index contributed by atoms with van der Waals surface area (Å²) in [5.74, 6) is -1.39. The summed E-state index contributed by atoms with van der Waals surface area (Å²) in [6.07, 6.45) is 0.0237. The summed E-state index contributed by atoms with van der Waals surface area (Å²) in [5, 5.41) is 11.4. The summed E-state index contributed by atoms with van der Waals surface area (Å²) in [6.45, 7) is 9.98. The molecular weight excluding hydrogens is 388 g/mol. The molecule has 0 saturated carbocycles. The van der Waals surface area contributed by atoms with Gasteiger partial charge in [-0.25, -0.2) is 4.98 Å². The van der Waals surface area contributed by atoms with Crippen molar-refractivity contribution in [2.45, 2.75) is 46.8 Å². The monoisotopic (exact) mass is 414 g/mol. The second kappa shape index (κ2) is 8.47. The number of thiazole rings is 1. The van der Waals surface area contributed by atoms with Crippen LogP contribution in [-0.4, -0.2) is 45.9 Å². The molecule has 1 aliphatic rings. The van der Waals surface area contributed by atoms with Gasteiger partial charge in [0.1, 0.15) is 0 Å². The van der Waals surface area contributed by atoms with Crippen molar-refractivity contribution < 1.29 is 19.4 Å². The first-order valence-corrected chi connectivity index (χ1v) is 10.4. The molecule has 2 heterocycles. The number of ketones is 1. The fraction of sp³-hybridized carbons (Fsp3) is 0.409. The maximum Gasteiger partial charge on any atom is 0.290 e. The maximum absolute atomic E-state index is 13.4. The third-order valence-electron chi connectivity index (χ3n) is 4.80. The largest absolute Gasteiger partial charge is 0.503 e. The van der Waals surface area contributed by atoms with Crippen LogP contribution in [0.5, 0.6) is 0 Å². The predicted molar refractivity (Wildman–Crippen MR) is 112 cm³/mol. The van der Waals surface area contributed by atoms with Gasteiger partial charge in [0, 0.05) is 6.54 Å². The number of hydrogen-bond donors (Lipinski definition) is 1. The molecule has 1 amide bonds. The van der Waals surface area contributed by atoms with E-state index in [-0.39, 0.29) is 24.0 Å². The van der Waals surface area contributed by atoms with Crippen LogP contribution in [0.2, 0.25) is 0 Å². The first kappa shape index (κ1) is 21.2. The predicted octanol–water partition coefficient (Wildman–Crippen LogP) is 4.07. The first-order valence-electron chi connectivity index (χ1n) is 9.61. The van der Waals surface area contributed by atoms with Crippen LogP contribution in [0.4, 0.5) is 0 Å². The summed E-state index contributed by atoms with van der Waals surface area (Å²) in [4.78, 5) is 32.6. The van der Waals surface area contributed by atoms with E-state index < -0.39 is 17.7 Å². The van der Waals surface area contributed by atoms with Crippen LogP contribution >= 0.6 is 11.3 Å². The molecule has 0 fully saturated rings. The average molecular weight is 415 g/mol. The van der Waals surface area contributed by atoms with Gasteiger partial charge < -0.3 is 14.7 Å². The number of Topliss-reactive ketones (excluding diaryl/α,β-unsaturated/α-hetero) is 1. The molecule has 1 N–H and O–H groups in total. The van der Waals surface area contributed by atoms with Crippen LogP contribution < -0.4 is 0 Å². The molecule has 2 aromatic rings. The summed E-state index contributed by atoms with van der Waals surface area (Å²) in [7, 11) is 0. The topological polar surface area (TPSA) is 79.7 Å². The molecule has 1 unspecified atom stereocenters. The van der Waals surface area contributed by atoms with E-state index >= 15 is 0 Å². The Morgan fingerprint density at radius 3 is 2.62 bits per heavy atom. The molecule has 0 saturated heterocycles. The van der Waals surface area contributed by atoms with E-state index in [4.69, 9.17) is 4.74 Å². The highest BCUT2D eigenvalue weighted by molar-refractivity contribution is 7.14. The van der Waals surface area contributed by atoms with Gasteiger partial charge in [0.05, 0.1) is 39.9 Å². The van der Waals surface area contributed by atoms with Gasteiger partial charge in [-0.15, -0.1) is 11.3 Å².